The van der Waals surface area contributed by atoms with Crippen molar-refractivity contribution in [2.24, 2.45) is 0 Å². The highest BCUT2D eigenvalue weighted by Gasteiger charge is 2.52. The molecule has 0 spiro atoms. The first kappa shape index (κ1) is 23.0. The first-order valence-electron chi connectivity index (χ1n) is 11.5. The predicted molar refractivity (Wildman–Crippen MR) is 136 cm³/mol. The summed E-state index contributed by atoms with van der Waals surface area (Å²) in [5.41, 5.74) is 8.19. The van der Waals surface area contributed by atoms with Crippen LogP contribution in [0.1, 0.15) is 22.5 Å². The zero-order valence-electron chi connectivity index (χ0n) is 19.7. The number of urea groups is 1. The van der Waals surface area contributed by atoms with E-state index in [4.69, 9.17) is 5.73 Å². The molecule has 1 atom stereocenters. The zero-order chi connectivity index (χ0) is 25.1. The van der Waals surface area contributed by atoms with Gasteiger partial charge in [0.2, 0.25) is 11.9 Å². The van der Waals surface area contributed by atoms with E-state index in [1.54, 1.807) is 0 Å². The van der Waals surface area contributed by atoms with Crippen LogP contribution in [0.5, 0.6) is 0 Å². The average molecular weight is 480 g/mol. The van der Waals surface area contributed by atoms with Crippen LogP contribution < -0.4 is 16.4 Å². The Labute approximate surface area is 208 Å². The Kier molecular flexibility index (Phi) is 6.03. The van der Waals surface area contributed by atoms with Crippen molar-refractivity contribution in [2.45, 2.75) is 25.4 Å². The van der Waals surface area contributed by atoms with Gasteiger partial charge in [-0.05, 0) is 30.2 Å². The fourth-order valence-electron chi connectivity index (χ4n) is 4.28. The van der Waals surface area contributed by atoms with Crippen LogP contribution in [0.3, 0.4) is 0 Å². The number of nitrogen functional groups attached to an aromatic ring is 1. The highest BCUT2D eigenvalue weighted by Crippen LogP contribution is 2.33. The van der Waals surface area contributed by atoms with Crippen molar-refractivity contribution >= 4 is 29.5 Å². The molecule has 9 nitrogen and oxygen atoms in total. The smallest absolute Gasteiger partial charge is 0.325 e. The molecule has 1 aliphatic rings. The van der Waals surface area contributed by atoms with Crippen molar-refractivity contribution < 1.29 is 9.59 Å². The molecule has 5 rings (SSSR count). The van der Waals surface area contributed by atoms with Gasteiger partial charge in [-0.15, -0.1) is 0 Å². The van der Waals surface area contributed by atoms with Crippen LogP contribution in [-0.4, -0.2) is 31.8 Å². The van der Waals surface area contributed by atoms with E-state index in [9.17, 15) is 9.59 Å². The molecular formula is C27H25N7O2. The monoisotopic (exact) mass is 479 g/mol. The van der Waals surface area contributed by atoms with Crippen molar-refractivity contribution in [2.75, 3.05) is 11.1 Å². The maximum atomic E-state index is 13.9. The van der Waals surface area contributed by atoms with E-state index in [1.165, 1.54) is 0 Å². The van der Waals surface area contributed by atoms with Crippen LogP contribution in [0, 0.1) is 6.92 Å². The first-order valence-corrected chi connectivity index (χ1v) is 11.5. The second-order valence-corrected chi connectivity index (χ2v) is 8.68. The number of nitrogens with one attached hydrogen (secondary N) is 2. The van der Waals surface area contributed by atoms with Crippen molar-refractivity contribution in [1.82, 2.24) is 25.2 Å². The van der Waals surface area contributed by atoms with E-state index in [0.29, 0.717) is 12.0 Å². The predicted octanol–water partition coefficient (Wildman–Crippen LogP) is 3.70. The first-order chi connectivity index (χ1) is 17.4. The minimum atomic E-state index is -1.25. The van der Waals surface area contributed by atoms with E-state index in [1.807, 2.05) is 91.9 Å². The lowest BCUT2D eigenvalue weighted by atomic mass is 9.83. The molecular weight excluding hydrogens is 454 g/mol. The van der Waals surface area contributed by atoms with Crippen molar-refractivity contribution in [1.29, 1.82) is 0 Å². The highest BCUT2D eigenvalue weighted by atomic mass is 16.2. The fraction of sp³-hybridized carbons (Fsp3) is 0.148. The third-order valence-electron chi connectivity index (χ3n) is 6.06. The fourth-order valence-corrected chi connectivity index (χ4v) is 4.28. The van der Waals surface area contributed by atoms with Crippen LogP contribution in [0.2, 0.25) is 0 Å². The molecule has 1 fully saturated rings. The highest BCUT2D eigenvalue weighted by molar-refractivity contribution is 6.07. The molecule has 0 bridgehead atoms. The SMILES string of the molecule is Cc1ccc(Nc2nc(N)nc(CN3C(=O)NC(Cc4ccccc4)(c4ccccc4)C3=O)n2)cc1. The molecule has 1 aromatic heterocycles. The zero-order valence-corrected chi connectivity index (χ0v) is 19.7. The van der Waals surface area contributed by atoms with Crippen molar-refractivity contribution in [3.8, 4) is 0 Å². The van der Waals surface area contributed by atoms with Gasteiger partial charge in [-0.3, -0.25) is 9.69 Å². The Morgan fingerprint density at radius 3 is 2.25 bits per heavy atom. The Morgan fingerprint density at radius 1 is 0.889 bits per heavy atom. The Morgan fingerprint density at radius 2 is 1.56 bits per heavy atom. The molecule has 2 heterocycles. The van der Waals surface area contributed by atoms with Crippen LogP contribution in [-0.2, 0) is 23.3 Å². The van der Waals surface area contributed by atoms with Crippen molar-refractivity contribution in [3.63, 3.8) is 0 Å². The third kappa shape index (κ3) is 4.58. The number of benzene rings is 3. The molecule has 36 heavy (non-hydrogen) atoms. The molecule has 9 heteroatoms. The third-order valence-corrected chi connectivity index (χ3v) is 6.06. The summed E-state index contributed by atoms with van der Waals surface area (Å²) < 4.78 is 0. The Hall–Kier alpha value is -4.79. The maximum Gasteiger partial charge on any atom is 0.325 e. The molecule has 3 amide bonds. The molecule has 3 aromatic carbocycles. The number of anilines is 3. The number of carbonyl (C=O) groups is 2. The van der Waals surface area contributed by atoms with E-state index in [0.717, 1.165) is 21.7 Å². The number of carbonyl (C=O) groups excluding carboxylic acids is 2. The van der Waals surface area contributed by atoms with Gasteiger partial charge >= 0.3 is 6.03 Å². The number of rotatable bonds is 7. The molecule has 0 radical (unpaired) electrons. The quantitative estimate of drug-likeness (QED) is 0.345. The summed E-state index contributed by atoms with van der Waals surface area (Å²) in [7, 11) is 0. The summed E-state index contributed by atoms with van der Waals surface area (Å²) in [6, 6.07) is 26.0. The lowest BCUT2D eigenvalue weighted by Gasteiger charge is -2.27. The molecule has 4 aromatic rings. The number of hydrogen-bond acceptors (Lipinski definition) is 7. The van der Waals surface area contributed by atoms with Gasteiger partial charge in [-0.1, -0.05) is 78.4 Å². The second-order valence-electron chi connectivity index (χ2n) is 8.68. The molecule has 0 saturated carbocycles. The summed E-state index contributed by atoms with van der Waals surface area (Å²) in [6.07, 6.45) is 0.304. The number of nitrogens with zero attached hydrogens (tertiary/aromatic N) is 4. The van der Waals surface area contributed by atoms with Crippen LogP contribution >= 0.6 is 0 Å². The lowest BCUT2D eigenvalue weighted by Crippen LogP contribution is -2.46. The molecule has 1 unspecified atom stereocenters. The number of aromatic nitrogens is 3. The molecule has 0 aliphatic carbocycles. The summed E-state index contributed by atoms with van der Waals surface area (Å²) in [4.78, 5) is 40.8. The van der Waals surface area contributed by atoms with Crippen LogP contribution in [0.15, 0.2) is 84.9 Å². The maximum absolute atomic E-state index is 13.9. The van der Waals surface area contributed by atoms with Gasteiger partial charge in [-0.25, -0.2) is 4.79 Å². The van der Waals surface area contributed by atoms with Gasteiger partial charge in [0.15, 0.2) is 11.4 Å². The minimum Gasteiger partial charge on any atom is -0.368 e. The topological polar surface area (TPSA) is 126 Å². The largest absolute Gasteiger partial charge is 0.368 e. The van der Waals surface area contributed by atoms with Gasteiger partial charge in [0.25, 0.3) is 5.91 Å². The summed E-state index contributed by atoms with van der Waals surface area (Å²) in [5, 5.41) is 6.03. The summed E-state index contributed by atoms with van der Waals surface area (Å²) in [6.45, 7) is 1.84. The number of nitrogens with two attached hydrogens (primary N) is 1. The van der Waals surface area contributed by atoms with Gasteiger partial charge in [0.05, 0.1) is 6.54 Å². The van der Waals surface area contributed by atoms with Gasteiger partial charge in [0.1, 0.15) is 0 Å². The van der Waals surface area contributed by atoms with E-state index in [-0.39, 0.29) is 30.2 Å². The second kappa shape index (κ2) is 9.46. The molecule has 1 aliphatic heterocycles. The number of aryl methyl sites for hydroxylation is 1. The van der Waals surface area contributed by atoms with E-state index < -0.39 is 11.6 Å². The normalized spacial score (nSPS) is 17.2. The Balaban J connectivity index is 1.44. The number of imide groups is 1. The molecule has 1 saturated heterocycles. The number of hydrogen-bond donors (Lipinski definition) is 3. The van der Waals surface area contributed by atoms with E-state index >= 15 is 0 Å². The molecule has 4 N–H and O–H groups in total. The lowest BCUT2D eigenvalue weighted by molar-refractivity contribution is -0.132. The summed E-state index contributed by atoms with van der Waals surface area (Å²) in [5.74, 6) is 0.0334. The molecule has 180 valence electrons. The van der Waals surface area contributed by atoms with E-state index in [2.05, 4.69) is 25.6 Å². The van der Waals surface area contributed by atoms with Gasteiger partial charge in [0, 0.05) is 12.1 Å². The Bertz CT molecular complexity index is 1400. The van der Waals surface area contributed by atoms with Crippen molar-refractivity contribution in [3.05, 3.63) is 107 Å². The van der Waals surface area contributed by atoms with Crippen LogP contribution in [0.25, 0.3) is 0 Å². The summed E-state index contributed by atoms with van der Waals surface area (Å²) >= 11 is 0. The standard InChI is InChI=1S/C27H25N7O2/c1-18-12-14-21(15-13-18)29-25-31-22(30-24(28)32-25)17-34-23(35)27(33-26(34)36,20-10-6-3-7-11-20)16-19-8-4-2-5-9-19/h2-15H,16-17H2,1H3,(H,33,36)(H3,28,29,30,31,32). The van der Waals surface area contributed by atoms with Gasteiger partial charge in [-0.2, -0.15) is 15.0 Å². The van der Waals surface area contributed by atoms with Crippen LogP contribution in [0.4, 0.5) is 22.4 Å². The van der Waals surface area contributed by atoms with Gasteiger partial charge < -0.3 is 16.4 Å². The number of amides is 3. The minimum absolute atomic E-state index is 0.0136. The average Bonchev–Trinajstić information content (AvgIpc) is 3.11.